The van der Waals surface area contributed by atoms with E-state index >= 15 is 0 Å². The topological polar surface area (TPSA) is 77.1 Å². The Morgan fingerprint density at radius 3 is 2.89 bits per heavy atom. The Bertz CT molecular complexity index is 1080. The first-order valence-corrected chi connectivity index (χ1v) is 8.63. The summed E-state index contributed by atoms with van der Waals surface area (Å²) >= 11 is 0. The molecule has 0 fully saturated rings. The quantitative estimate of drug-likeness (QED) is 0.546. The Morgan fingerprint density at radius 1 is 1.22 bits per heavy atom. The van der Waals surface area contributed by atoms with Gasteiger partial charge in [0.1, 0.15) is 5.82 Å². The van der Waals surface area contributed by atoms with Crippen LogP contribution >= 0.6 is 0 Å². The van der Waals surface area contributed by atoms with E-state index in [-0.39, 0.29) is 5.91 Å². The molecule has 7 nitrogen and oxygen atoms in total. The highest BCUT2D eigenvalue weighted by molar-refractivity contribution is 5.92. The lowest BCUT2D eigenvalue weighted by Crippen LogP contribution is -2.26. The van der Waals surface area contributed by atoms with Gasteiger partial charge in [0, 0.05) is 32.1 Å². The molecule has 0 spiro atoms. The first-order chi connectivity index (χ1) is 13.1. The van der Waals surface area contributed by atoms with E-state index in [9.17, 15) is 4.79 Å². The molecule has 0 aliphatic heterocycles. The molecular weight excluding hydrogens is 342 g/mol. The second kappa shape index (κ2) is 7.03. The lowest BCUT2D eigenvalue weighted by atomic mass is 10.2. The number of fused-ring (bicyclic) bond motifs is 1. The van der Waals surface area contributed by atoms with Gasteiger partial charge in [-0.05, 0) is 30.7 Å². The third-order valence-corrected chi connectivity index (χ3v) is 4.43. The number of imidazole rings is 1. The zero-order valence-corrected chi connectivity index (χ0v) is 15.2. The summed E-state index contributed by atoms with van der Waals surface area (Å²) in [5.41, 5.74) is 3.20. The first kappa shape index (κ1) is 17.0. The van der Waals surface area contributed by atoms with Crippen molar-refractivity contribution in [2.24, 2.45) is 0 Å². The summed E-state index contributed by atoms with van der Waals surface area (Å²) < 4.78 is 7.45. The fourth-order valence-corrected chi connectivity index (χ4v) is 3.07. The maximum Gasteiger partial charge on any atom is 0.276 e. The predicted molar refractivity (Wildman–Crippen MR) is 100 cm³/mol. The molecule has 0 aliphatic rings. The molecule has 0 atom stereocenters. The number of benzene rings is 1. The zero-order chi connectivity index (χ0) is 18.8. The van der Waals surface area contributed by atoms with Crippen molar-refractivity contribution in [2.75, 3.05) is 7.05 Å². The maximum atomic E-state index is 12.6. The van der Waals surface area contributed by atoms with Crippen LogP contribution in [0.2, 0.25) is 0 Å². The fraction of sp³-hybridized carbons (Fsp3) is 0.200. The molecule has 0 unspecified atom stereocenters. The van der Waals surface area contributed by atoms with Crippen molar-refractivity contribution in [3.05, 3.63) is 77.7 Å². The number of amides is 1. The van der Waals surface area contributed by atoms with E-state index in [2.05, 4.69) is 15.1 Å². The molecule has 7 heteroatoms. The zero-order valence-electron chi connectivity index (χ0n) is 15.2. The molecule has 3 aromatic heterocycles. The van der Waals surface area contributed by atoms with E-state index in [0.717, 1.165) is 22.4 Å². The summed E-state index contributed by atoms with van der Waals surface area (Å²) in [6.45, 7) is 2.88. The van der Waals surface area contributed by atoms with Crippen molar-refractivity contribution in [1.29, 1.82) is 0 Å². The second-order valence-corrected chi connectivity index (χ2v) is 6.43. The van der Waals surface area contributed by atoms with Gasteiger partial charge in [0.15, 0.2) is 11.5 Å². The van der Waals surface area contributed by atoms with Gasteiger partial charge in [0.05, 0.1) is 17.6 Å². The van der Waals surface area contributed by atoms with E-state index in [0.29, 0.717) is 24.5 Å². The number of aryl methyl sites for hydroxylation is 1. The van der Waals surface area contributed by atoms with Crippen LogP contribution in [0.15, 0.2) is 59.4 Å². The minimum atomic E-state index is -0.193. The first-order valence-electron chi connectivity index (χ1n) is 8.63. The molecule has 0 bridgehead atoms. The lowest BCUT2D eigenvalue weighted by Gasteiger charge is -2.15. The molecule has 136 valence electrons. The molecule has 27 heavy (non-hydrogen) atoms. The van der Waals surface area contributed by atoms with Crippen LogP contribution in [0.25, 0.3) is 11.0 Å². The van der Waals surface area contributed by atoms with E-state index in [1.165, 1.54) is 0 Å². The molecule has 1 aromatic carbocycles. The van der Waals surface area contributed by atoms with Crippen LogP contribution in [-0.2, 0) is 13.1 Å². The molecule has 0 radical (unpaired) electrons. The number of nitrogens with zero attached hydrogens (tertiary/aromatic N) is 5. The number of para-hydroxylation sites is 2. The Morgan fingerprint density at radius 2 is 2.07 bits per heavy atom. The van der Waals surface area contributed by atoms with Gasteiger partial charge >= 0.3 is 0 Å². The van der Waals surface area contributed by atoms with Crippen molar-refractivity contribution in [3.63, 3.8) is 0 Å². The minimum Gasteiger partial charge on any atom is -0.359 e. The highest BCUT2D eigenvalue weighted by Crippen LogP contribution is 2.18. The molecule has 0 N–H and O–H groups in total. The molecule has 1 amide bonds. The largest absolute Gasteiger partial charge is 0.359 e. The summed E-state index contributed by atoms with van der Waals surface area (Å²) in [5, 5.41) is 3.95. The highest BCUT2D eigenvalue weighted by Gasteiger charge is 2.18. The third kappa shape index (κ3) is 3.44. The van der Waals surface area contributed by atoms with Gasteiger partial charge in [-0.2, -0.15) is 0 Å². The number of rotatable bonds is 5. The minimum absolute atomic E-state index is 0.193. The van der Waals surface area contributed by atoms with Crippen LogP contribution < -0.4 is 0 Å². The van der Waals surface area contributed by atoms with Crippen molar-refractivity contribution in [1.82, 2.24) is 24.6 Å². The fourth-order valence-electron chi connectivity index (χ4n) is 3.07. The Hall–Kier alpha value is -3.48. The molecule has 3 heterocycles. The predicted octanol–water partition coefficient (Wildman–Crippen LogP) is 3.05. The van der Waals surface area contributed by atoms with Gasteiger partial charge in [0.25, 0.3) is 5.91 Å². The molecular formula is C20H19N5O2. The maximum absolute atomic E-state index is 12.6. The molecule has 4 rings (SSSR count). The van der Waals surface area contributed by atoms with E-state index < -0.39 is 0 Å². The molecule has 0 saturated carbocycles. The number of pyridine rings is 1. The number of hydrogen-bond donors (Lipinski definition) is 0. The van der Waals surface area contributed by atoms with Crippen molar-refractivity contribution in [3.8, 4) is 0 Å². The lowest BCUT2D eigenvalue weighted by molar-refractivity contribution is 0.0774. The molecule has 4 aromatic rings. The highest BCUT2D eigenvalue weighted by atomic mass is 16.5. The van der Waals surface area contributed by atoms with Crippen LogP contribution in [0.4, 0.5) is 0 Å². The summed E-state index contributed by atoms with van der Waals surface area (Å²) in [5.74, 6) is 1.30. The van der Waals surface area contributed by atoms with Gasteiger partial charge in [-0.3, -0.25) is 9.78 Å². The van der Waals surface area contributed by atoms with Gasteiger partial charge in [-0.1, -0.05) is 23.4 Å². The summed E-state index contributed by atoms with van der Waals surface area (Å²) in [7, 11) is 1.73. The van der Waals surface area contributed by atoms with Gasteiger partial charge < -0.3 is 14.0 Å². The standard InChI is InChI=1S/C20H19N5O2/c1-14-22-17-7-3-4-8-19(17)25(14)13-16-10-18(23-27-16)20(26)24(2)12-15-6-5-9-21-11-15/h3-11H,12-13H2,1-2H3. The Labute approximate surface area is 156 Å². The molecule has 0 saturated heterocycles. The number of carbonyl (C=O) groups is 1. The number of carbonyl (C=O) groups excluding carboxylic acids is 1. The monoisotopic (exact) mass is 361 g/mol. The third-order valence-electron chi connectivity index (χ3n) is 4.43. The van der Waals surface area contributed by atoms with Crippen LogP contribution in [0.3, 0.4) is 0 Å². The van der Waals surface area contributed by atoms with Gasteiger partial charge in [0.2, 0.25) is 0 Å². The number of hydrogen-bond acceptors (Lipinski definition) is 5. The van der Waals surface area contributed by atoms with Crippen LogP contribution in [0.5, 0.6) is 0 Å². The number of aromatic nitrogens is 4. The smallest absolute Gasteiger partial charge is 0.276 e. The van der Waals surface area contributed by atoms with Gasteiger partial charge in [-0.15, -0.1) is 0 Å². The average Bonchev–Trinajstić information content (AvgIpc) is 3.27. The Kier molecular flexibility index (Phi) is 4.42. The summed E-state index contributed by atoms with van der Waals surface area (Å²) in [6.07, 6.45) is 3.45. The normalized spacial score (nSPS) is 11.0. The summed E-state index contributed by atoms with van der Waals surface area (Å²) in [6, 6.07) is 13.4. The molecule has 0 aliphatic carbocycles. The second-order valence-electron chi connectivity index (χ2n) is 6.43. The van der Waals surface area contributed by atoms with E-state index in [1.807, 2.05) is 47.9 Å². The summed E-state index contributed by atoms with van der Waals surface area (Å²) in [4.78, 5) is 22.8. The van der Waals surface area contributed by atoms with Crippen LogP contribution in [0.1, 0.15) is 27.6 Å². The Balaban J connectivity index is 1.51. The van der Waals surface area contributed by atoms with E-state index in [4.69, 9.17) is 4.52 Å². The van der Waals surface area contributed by atoms with E-state index in [1.54, 1.807) is 30.4 Å². The van der Waals surface area contributed by atoms with Crippen molar-refractivity contribution in [2.45, 2.75) is 20.0 Å². The van der Waals surface area contributed by atoms with Crippen molar-refractivity contribution < 1.29 is 9.32 Å². The van der Waals surface area contributed by atoms with Gasteiger partial charge in [-0.25, -0.2) is 4.98 Å². The average molecular weight is 361 g/mol. The van der Waals surface area contributed by atoms with Crippen LogP contribution in [0, 0.1) is 6.92 Å². The van der Waals surface area contributed by atoms with Crippen LogP contribution in [-0.4, -0.2) is 37.5 Å². The van der Waals surface area contributed by atoms with Crippen molar-refractivity contribution >= 4 is 16.9 Å². The SMILES string of the molecule is Cc1nc2ccccc2n1Cc1cc(C(=O)N(C)Cc2cccnc2)no1.